The molecule has 0 spiro atoms. The number of hydrogen-bond donors (Lipinski definition) is 2. The first kappa shape index (κ1) is 23.7. The van der Waals surface area contributed by atoms with Crippen molar-refractivity contribution in [3.8, 4) is 5.69 Å². The van der Waals surface area contributed by atoms with Gasteiger partial charge >= 0.3 is 5.69 Å². The van der Waals surface area contributed by atoms with Crippen molar-refractivity contribution in [2.45, 2.75) is 32.7 Å². The molecule has 0 unspecified atom stereocenters. The normalized spacial score (nSPS) is 10.9. The summed E-state index contributed by atoms with van der Waals surface area (Å²) in [6.07, 6.45) is 4.94. The third-order valence-corrected chi connectivity index (χ3v) is 5.72. The monoisotopic (exact) mass is 472 g/mol. The van der Waals surface area contributed by atoms with E-state index in [0.717, 1.165) is 17.7 Å². The maximum atomic E-state index is 13.4. The number of para-hydroxylation sites is 1. The number of benzene rings is 2. The van der Waals surface area contributed by atoms with E-state index in [1.165, 1.54) is 9.47 Å². The van der Waals surface area contributed by atoms with Gasteiger partial charge in [0.2, 0.25) is 5.91 Å². The molecule has 35 heavy (non-hydrogen) atoms. The Morgan fingerprint density at radius 2 is 1.71 bits per heavy atom. The first-order valence-corrected chi connectivity index (χ1v) is 11.5. The van der Waals surface area contributed by atoms with E-state index in [4.69, 9.17) is 5.73 Å². The molecule has 0 atom stereocenters. The van der Waals surface area contributed by atoms with E-state index >= 15 is 0 Å². The summed E-state index contributed by atoms with van der Waals surface area (Å²) >= 11 is 0. The van der Waals surface area contributed by atoms with Crippen LogP contribution >= 0.6 is 0 Å². The maximum Gasteiger partial charge on any atom is 0.330 e. The second kappa shape index (κ2) is 10.7. The van der Waals surface area contributed by atoms with Gasteiger partial charge in [0.25, 0.3) is 5.56 Å². The average molecular weight is 473 g/mol. The number of unbranched alkanes of at least 4 members (excludes halogenated alkanes) is 1. The molecule has 3 N–H and O–H groups in total. The molecular formula is C26H28N6O3. The number of amides is 1. The van der Waals surface area contributed by atoms with Gasteiger partial charge in [0, 0.05) is 12.7 Å². The number of nitrogens with one attached hydrogen (secondary N) is 1. The van der Waals surface area contributed by atoms with E-state index in [0.29, 0.717) is 18.5 Å². The van der Waals surface area contributed by atoms with Crippen LogP contribution in [-0.4, -0.2) is 31.8 Å². The number of hydrogen-bond acceptors (Lipinski definition) is 5. The Kier molecular flexibility index (Phi) is 7.25. The van der Waals surface area contributed by atoms with Crippen LogP contribution in [0.1, 0.15) is 30.9 Å². The van der Waals surface area contributed by atoms with Crippen LogP contribution in [0.25, 0.3) is 5.69 Å². The van der Waals surface area contributed by atoms with Crippen LogP contribution < -0.4 is 21.9 Å². The minimum Gasteiger partial charge on any atom is -0.383 e. The topological polar surface area (TPSA) is 119 Å². The van der Waals surface area contributed by atoms with E-state index in [1.54, 1.807) is 17.1 Å². The minimum atomic E-state index is -0.679. The zero-order valence-corrected chi connectivity index (χ0v) is 19.6. The number of aromatic nitrogens is 4. The van der Waals surface area contributed by atoms with Crippen LogP contribution in [-0.2, 0) is 17.8 Å². The fraction of sp³-hybridized carbons (Fsp3) is 0.231. The van der Waals surface area contributed by atoms with Crippen LogP contribution in [0.15, 0.2) is 82.6 Å². The molecule has 2 aromatic heterocycles. The molecule has 0 aliphatic rings. The molecule has 180 valence electrons. The number of nitrogens with zero attached hydrogens (tertiary/aromatic N) is 4. The van der Waals surface area contributed by atoms with Gasteiger partial charge in [-0.3, -0.25) is 19.1 Å². The number of carbonyl (C=O) groups is 1. The quantitative estimate of drug-likeness (QED) is 0.388. The van der Waals surface area contributed by atoms with Crippen molar-refractivity contribution in [2.24, 2.45) is 0 Å². The van der Waals surface area contributed by atoms with Crippen molar-refractivity contribution in [2.75, 3.05) is 17.2 Å². The van der Waals surface area contributed by atoms with Gasteiger partial charge in [-0.1, -0.05) is 61.9 Å². The third kappa shape index (κ3) is 5.40. The van der Waals surface area contributed by atoms with Gasteiger partial charge in [-0.2, -0.15) is 5.10 Å². The van der Waals surface area contributed by atoms with E-state index in [-0.39, 0.29) is 30.4 Å². The van der Waals surface area contributed by atoms with Gasteiger partial charge in [-0.25, -0.2) is 9.48 Å². The number of H-pyrrole nitrogens is 1. The number of anilines is 2. The minimum absolute atomic E-state index is 0.00516. The molecule has 0 saturated carbocycles. The molecule has 0 radical (unpaired) electrons. The Morgan fingerprint density at radius 1 is 1.03 bits per heavy atom. The summed E-state index contributed by atoms with van der Waals surface area (Å²) in [6.45, 7) is 2.48. The Balaban J connectivity index is 1.66. The predicted octanol–water partition coefficient (Wildman–Crippen LogP) is 2.73. The van der Waals surface area contributed by atoms with Crippen LogP contribution in [0.2, 0.25) is 0 Å². The van der Waals surface area contributed by atoms with Crippen molar-refractivity contribution < 1.29 is 4.79 Å². The van der Waals surface area contributed by atoms with Gasteiger partial charge in [-0.15, -0.1) is 0 Å². The summed E-state index contributed by atoms with van der Waals surface area (Å²) in [7, 11) is 0. The highest BCUT2D eigenvalue weighted by Crippen LogP contribution is 2.20. The molecular weight excluding hydrogens is 444 g/mol. The molecule has 2 heterocycles. The Labute approximate surface area is 202 Å². The lowest BCUT2D eigenvalue weighted by atomic mass is 10.2. The number of nitrogens with two attached hydrogens (primary N) is 1. The Morgan fingerprint density at radius 3 is 2.40 bits per heavy atom. The molecule has 4 aromatic rings. The molecule has 0 fully saturated rings. The first-order valence-electron chi connectivity index (χ1n) is 11.5. The summed E-state index contributed by atoms with van der Waals surface area (Å²) in [4.78, 5) is 42.6. The summed E-state index contributed by atoms with van der Waals surface area (Å²) in [6, 6.07) is 18.9. The largest absolute Gasteiger partial charge is 0.383 e. The molecule has 1 amide bonds. The van der Waals surface area contributed by atoms with Gasteiger partial charge in [0.1, 0.15) is 5.82 Å². The van der Waals surface area contributed by atoms with Crippen molar-refractivity contribution in [1.82, 2.24) is 19.3 Å². The SMILES string of the molecule is CCCCN(C(=O)Cc1cnn(-c2ccccc2)c1)c1c(N)n(Cc2ccccc2)c(=O)[nH]c1=O. The van der Waals surface area contributed by atoms with Crippen molar-refractivity contribution in [3.05, 3.63) is 105 Å². The van der Waals surface area contributed by atoms with Gasteiger partial charge in [0.15, 0.2) is 5.69 Å². The maximum absolute atomic E-state index is 13.4. The van der Waals surface area contributed by atoms with E-state index < -0.39 is 11.2 Å². The number of aromatic amines is 1. The molecule has 0 aliphatic carbocycles. The lowest BCUT2D eigenvalue weighted by Gasteiger charge is -2.24. The molecule has 4 rings (SSSR count). The molecule has 2 aromatic carbocycles. The summed E-state index contributed by atoms with van der Waals surface area (Å²) in [5.74, 6) is -0.333. The Bertz CT molecular complexity index is 1410. The van der Waals surface area contributed by atoms with Crippen LogP contribution in [0, 0.1) is 0 Å². The molecule has 0 saturated heterocycles. The standard InChI is InChI=1S/C26H28N6O3/c1-2-3-14-30(22(33)15-20-16-28-32(18-20)21-12-8-5-9-13-21)23-24(27)31(26(35)29-25(23)34)17-19-10-6-4-7-11-19/h4-13,16,18H,2-3,14-15,17,27H2,1H3,(H,29,34,35). The number of carbonyl (C=O) groups excluding carboxylic acids is 1. The zero-order valence-electron chi connectivity index (χ0n) is 19.6. The lowest BCUT2D eigenvalue weighted by Crippen LogP contribution is -2.42. The van der Waals surface area contributed by atoms with E-state index in [9.17, 15) is 14.4 Å². The van der Waals surface area contributed by atoms with Gasteiger partial charge in [-0.05, 0) is 29.7 Å². The highest BCUT2D eigenvalue weighted by Gasteiger charge is 2.24. The average Bonchev–Trinajstić information content (AvgIpc) is 3.33. The molecule has 9 nitrogen and oxygen atoms in total. The fourth-order valence-corrected chi connectivity index (χ4v) is 3.88. The van der Waals surface area contributed by atoms with Crippen LogP contribution in [0.4, 0.5) is 11.5 Å². The van der Waals surface area contributed by atoms with Crippen LogP contribution in [0.3, 0.4) is 0 Å². The first-order chi connectivity index (χ1) is 17.0. The summed E-state index contributed by atoms with van der Waals surface area (Å²) < 4.78 is 2.98. The van der Waals surface area contributed by atoms with Crippen LogP contribution in [0.5, 0.6) is 0 Å². The predicted molar refractivity (Wildman–Crippen MR) is 136 cm³/mol. The highest BCUT2D eigenvalue weighted by molar-refractivity contribution is 5.96. The van der Waals surface area contributed by atoms with Crippen molar-refractivity contribution in [3.63, 3.8) is 0 Å². The fourth-order valence-electron chi connectivity index (χ4n) is 3.88. The Hall–Kier alpha value is -4.40. The highest BCUT2D eigenvalue weighted by atomic mass is 16.2. The lowest BCUT2D eigenvalue weighted by molar-refractivity contribution is -0.118. The van der Waals surface area contributed by atoms with E-state index in [2.05, 4.69) is 10.1 Å². The third-order valence-electron chi connectivity index (χ3n) is 5.72. The number of rotatable bonds is 9. The molecule has 9 heteroatoms. The molecule has 0 aliphatic heterocycles. The molecule has 0 bridgehead atoms. The smallest absolute Gasteiger partial charge is 0.330 e. The zero-order chi connectivity index (χ0) is 24.8. The van der Waals surface area contributed by atoms with E-state index in [1.807, 2.05) is 67.6 Å². The second-order valence-corrected chi connectivity index (χ2v) is 8.27. The van der Waals surface area contributed by atoms with Gasteiger partial charge in [0.05, 0.1) is 24.8 Å². The van der Waals surface area contributed by atoms with Crippen molar-refractivity contribution >= 4 is 17.4 Å². The summed E-state index contributed by atoms with van der Waals surface area (Å²) in [5.41, 5.74) is 7.47. The van der Waals surface area contributed by atoms with Gasteiger partial charge < -0.3 is 10.6 Å². The second-order valence-electron chi connectivity index (χ2n) is 8.27. The summed E-state index contributed by atoms with van der Waals surface area (Å²) in [5, 5.41) is 4.35. The van der Waals surface area contributed by atoms with Crippen molar-refractivity contribution in [1.29, 1.82) is 0 Å². The number of nitrogen functional groups attached to an aromatic ring is 1.